The molecule has 0 spiro atoms. The van der Waals surface area contributed by atoms with Gasteiger partial charge in [0.05, 0.1) is 23.9 Å². The van der Waals surface area contributed by atoms with Crippen molar-refractivity contribution in [3.63, 3.8) is 0 Å². The molecule has 2 N–H and O–H groups in total. The van der Waals surface area contributed by atoms with Crippen molar-refractivity contribution in [1.29, 1.82) is 0 Å². The fourth-order valence-corrected chi connectivity index (χ4v) is 4.52. The summed E-state index contributed by atoms with van der Waals surface area (Å²) < 4.78 is 5.93. The molecule has 3 nitrogen and oxygen atoms in total. The van der Waals surface area contributed by atoms with E-state index >= 15 is 0 Å². The average molecular weight is 254 g/mol. The lowest BCUT2D eigenvalue weighted by Crippen LogP contribution is -2.59. The molecule has 3 rings (SSSR count). The van der Waals surface area contributed by atoms with Crippen LogP contribution in [0.3, 0.4) is 0 Å². The lowest BCUT2D eigenvalue weighted by molar-refractivity contribution is -0.215. The monoisotopic (exact) mass is 254 g/mol. The third kappa shape index (κ3) is 1.67. The fourth-order valence-electron chi connectivity index (χ4n) is 4.52. The SMILES string of the molecule is CC1(C)C[C@H]2[C@H]1CC[C@@]1(C)OC[C@]2(O)CC[C@@H]1O. The molecule has 0 aromatic heterocycles. The number of aliphatic hydroxyl groups is 2. The Morgan fingerprint density at radius 1 is 1.06 bits per heavy atom. The molecular weight excluding hydrogens is 228 g/mol. The van der Waals surface area contributed by atoms with Gasteiger partial charge in [0.1, 0.15) is 0 Å². The minimum Gasteiger partial charge on any atom is -0.390 e. The van der Waals surface area contributed by atoms with Gasteiger partial charge in [-0.05, 0) is 56.3 Å². The number of aliphatic hydroxyl groups excluding tert-OH is 1. The predicted molar refractivity (Wildman–Crippen MR) is 69.2 cm³/mol. The number of hydrogen-bond donors (Lipinski definition) is 2. The molecule has 1 saturated carbocycles. The summed E-state index contributed by atoms with van der Waals surface area (Å²) in [6.07, 6.45) is 3.97. The second-order valence-corrected chi connectivity index (χ2v) is 7.70. The van der Waals surface area contributed by atoms with Gasteiger partial charge in [-0.3, -0.25) is 0 Å². The van der Waals surface area contributed by atoms with Gasteiger partial charge in [-0.1, -0.05) is 13.8 Å². The molecule has 0 radical (unpaired) electrons. The number of ether oxygens (including phenoxy) is 1. The van der Waals surface area contributed by atoms with Crippen LogP contribution in [-0.2, 0) is 4.74 Å². The molecule has 3 aliphatic rings. The van der Waals surface area contributed by atoms with Crippen LogP contribution >= 0.6 is 0 Å². The molecule has 0 unspecified atom stereocenters. The Morgan fingerprint density at radius 3 is 2.44 bits per heavy atom. The molecule has 1 aliphatic carbocycles. The zero-order valence-corrected chi connectivity index (χ0v) is 11.8. The largest absolute Gasteiger partial charge is 0.390 e. The zero-order valence-electron chi connectivity index (χ0n) is 11.8. The van der Waals surface area contributed by atoms with Crippen LogP contribution in [0.1, 0.15) is 52.9 Å². The lowest BCUT2D eigenvalue weighted by Gasteiger charge is -2.59. The standard InChI is InChI=1S/C15H26O3/c1-13(2)8-11-10(13)4-6-14(3)12(16)5-7-15(11,17)9-18-14/h10-12,16-17H,4-9H2,1-3H3/t10-,11+,12+,14-,15-/m1/s1. The van der Waals surface area contributed by atoms with E-state index < -0.39 is 17.3 Å². The summed E-state index contributed by atoms with van der Waals surface area (Å²) in [5.74, 6) is 0.943. The number of fused-ring (bicyclic) bond motifs is 5. The summed E-state index contributed by atoms with van der Waals surface area (Å²) in [4.78, 5) is 0. The maximum absolute atomic E-state index is 10.9. The molecule has 18 heavy (non-hydrogen) atoms. The van der Waals surface area contributed by atoms with Crippen LogP contribution in [0, 0.1) is 17.3 Å². The van der Waals surface area contributed by atoms with Crippen LogP contribution in [0.15, 0.2) is 0 Å². The van der Waals surface area contributed by atoms with E-state index in [-0.39, 0.29) is 0 Å². The molecule has 2 bridgehead atoms. The molecular formula is C15H26O3. The maximum Gasteiger partial charge on any atom is 0.0913 e. The topological polar surface area (TPSA) is 49.7 Å². The molecule has 0 aromatic carbocycles. The molecule has 0 aromatic rings. The highest BCUT2D eigenvalue weighted by Crippen LogP contribution is 2.60. The van der Waals surface area contributed by atoms with Crippen molar-refractivity contribution in [2.24, 2.45) is 17.3 Å². The second kappa shape index (κ2) is 3.71. The summed E-state index contributed by atoms with van der Waals surface area (Å²) in [6, 6.07) is 0. The van der Waals surface area contributed by atoms with Crippen molar-refractivity contribution >= 4 is 0 Å². The lowest BCUT2D eigenvalue weighted by atomic mass is 9.49. The molecule has 2 heterocycles. The van der Waals surface area contributed by atoms with Crippen molar-refractivity contribution in [1.82, 2.24) is 0 Å². The van der Waals surface area contributed by atoms with E-state index in [2.05, 4.69) is 13.8 Å². The highest BCUT2D eigenvalue weighted by molar-refractivity contribution is 5.09. The van der Waals surface area contributed by atoms with Crippen molar-refractivity contribution < 1.29 is 14.9 Å². The normalized spacial score (nSPS) is 54.8. The van der Waals surface area contributed by atoms with Gasteiger partial charge >= 0.3 is 0 Å². The van der Waals surface area contributed by atoms with Crippen LogP contribution in [0.25, 0.3) is 0 Å². The van der Waals surface area contributed by atoms with Gasteiger partial charge in [0.15, 0.2) is 0 Å². The Morgan fingerprint density at radius 2 is 1.78 bits per heavy atom. The van der Waals surface area contributed by atoms with Crippen LogP contribution in [0.4, 0.5) is 0 Å². The van der Waals surface area contributed by atoms with E-state index in [9.17, 15) is 10.2 Å². The Kier molecular flexibility index (Phi) is 2.66. The zero-order chi connectivity index (χ0) is 13.2. The minimum atomic E-state index is -0.709. The molecule has 0 amide bonds. The van der Waals surface area contributed by atoms with E-state index in [4.69, 9.17) is 4.74 Å². The first-order chi connectivity index (χ1) is 8.27. The highest BCUT2D eigenvalue weighted by atomic mass is 16.5. The highest BCUT2D eigenvalue weighted by Gasteiger charge is 2.59. The average Bonchev–Trinajstić information content (AvgIpc) is 2.37. The van der Waals surface area contributed by atoms with Gasteiger partial charge in [0.2, 0.25) is 0 Å². The van der Waals surface area contributed by atoms with E-state index in [1.54, 1.807) is 0 Å². The molecule has 5 atom stereocenters. The minimum absolute atomic E-state index is 0.339. The maximum atomic E-state index is 10.9. The summed E-state index contributed by atoms with van der Waals surface area (Å²) >= 11 is 0. The van der Waals surface area contributed by atoms with Crippen molar-refractivity contribution in [3.8, 4) is 0 Å². The van der Waals surface area contributed by atoms with E-state index in [1.807, 2.05) is 6.92 Å². The smallest absolute Gasteiger partial charge is 0.0913 e. The van der Waals surface area contributed by atoms with Gasteiger partial charge in [-0.2, -0.15) is 0 Å². The summed E-state index contributed by atoms with van der Waals surface area (Å²) in [5, 5.41) is 21.2. The Labute approximate surface area is 110 Å². The Balaban J connectivity index is 1.93. The van der Waals surface area contributed by atoms with Crippen molar-refractivity contribution in [2.45, 2.75) is 70.2 Å². The number of rotatable bonds is 0. The van der Waals surface area contributed by atoms with Gasteiger partial charge in [0, 0.05) is 0 Å². The van der Waals surface area contributed by atoms with Gasteiger partial charge in [-0.25, -0.2) is 0 Å². The molecule has 2 aliphatic heterocycles. The second-order valence-electron chi connectivity index (χ2n) is 7.70. The van der Waals surface area contributed by atoms with Gasteiger partial charge in [-0.15, -0.1) is 0 Å². The third-order valence-electron chi connectivity index (χ3n) is 6.08. The predicted octanol–water partition coefficient (Wildman–Crippen LogP) is 2.10. The fraction of sp³-hybridized carbons (Fsp3) is 1.00. The first kappa shape index (κ1) is 12.9. The van der Waals surface area contributed by atoms with E-state index in [0.29, 0.717) is 36.7 Å². The van der Waals surface area contributed by atoms with Crippen molar-refractivity contribution in [3.05, 3.63) is 0 Å². The van der Waals surface area contributed by atoms with Gasteiger partial charge < -0.3 is 14.9 Å². The first-order valence-corrected chi connectivity index (χ1v) is 7.31. The number of hydrogen-bond acceptors (Lipinski definition) is 3. The molecule has 104 valence electrons. The summed E-state index contributed by atoms with van der Waals surface area (Å²) in [7, 11) is 0. The molecule has 3 heteroatoms. The summed E-state index contributed by atoms with van der Waals surface area (Å²) in [5.41, 5.74) is -0.827. The Bertz CT molecular complexity index is 354. The van der Waals surface area contributed by atoms with Crippen LogP contribution < -0.4 is 0 Å². The van der Waals surface area contributed by atoms with Crippen LogP contribution in [0.2, 0.25) is 0 Å². The van der Waals surface area contributed by atoms with E-state index in [0.717, 1.165) is 19.3 Å². The first-order valence-electron chi connectivity index (χ1n) is 7.31. The third-order valence-corrected chi connectivity index (χ3v) is 6.08. The van der Waals surface area contributed by atoms with Crippen molar-refractivity contribution in [2.75, 3.05) is 6.61 Å². The van der Waals surface area contributed by atoms with Crippen LogP contribution in [0.5, 0.6) is 0 Å². The Hall–Kier alpha value is -0.120. The van der Waals surface area contributed by atoms with E-state index in [1.165, 1.54) is 0 Å². The summed E-state index contributed by atoms with van der Waals surface area (Å²) in [6.45, 7) is 7.03. The van der Waals surface area contributed by atoms with Gasteiger partial charge in [0.25, 0.3) is 0 Å². The quantitative estimate of drug-likeness (QED) is 0.696. The molecule has 2 saturated heterocycles. The molecule has 3 fully saturated rings. The van der Waals surface area contributed by atoms with Crippen LogP contribution in [-0.4, -0.2) is 34.1 Å².